The Balaban J connectivity index is 0. The first kappa shape index (κ1) is 17.2. The molecule has 3 heteroatoms. The summed E-state index contributed by atoms with van der Waals surface area (Å²) in [5.74, 6) is -0.693. The largest absolute Gasteiger partial charge is 0.481 e. The van der Waals surface area contributed by atoms with E-state index >= 15 is 0 Å². The predicted octanol–water partition coefficient (Wildman–Crippen LogP) is 4.27. The lowest BCUT2D eigenvalue weighted by molar-refractivity contribution is -0.142. The maximum atomic E-state index is 10.9. The van der Waals surface area contributed by atoms with Crippen LogP contribution >= 0.6 is 12.4 Å². The number of carboxylic acid groups (broad SMARTS) is 1. The Morgan fingerprint density at radius 1 is 1.00 bits per heavy atom. The lowest BCUT2D eigenvalue weighted by atomic mass is 9.95. The summed E-state index contributed by atoms with van der Waals surface area (Å²) in [4.78, 5) is 10.9. The van der Waals surface area contributed by atoms with E-state index < -0.39 is 5.97 Å². The van der Waals surface area contributed by atoms with E-state index in [1.165, 1.54) is 19.3 Å². The zero-order valence-electron chi connectivity index (χ0n) is 10.00. The molecule has 1 atom stereocenters. The van der Waals surface area contributed by atoms with Gasteiger partial charge in [-0.3, -0.25) is 4.79 Å². The molecule has 92 valence electrons. The van der Waals surface area contributed by atoms with Crippen LogP contribution in [0, 0.1) is 5.92 Å². The molecule has 1 unspecified atom stereocenters. The number of rotatable bonds is 9. The van der Waals surface area contributed by atoms with Crippen LogP contribution in [0.1, 0.15) is 65.2 Å². The zero-order valence-corrected chi connectivity index (χ0v) is 10.8. The Morgan fingerprint density at radius 2 is 1.53 bits per heavy atom. The van der Waals surface area contributed by atoms with Crippen molar-refractivity contribution in [1.82, 2.24) is 0 Å². The fourth-order valence-electron chi connectivity index (χ4n) is 1.66. The van der Waals surface area contributed by atoms with E-state index in [0.29, 0.717) is 0 Å². The third-order valence-corrected chi connectivity index (χ3v) is 2.66. The SMILES string of the molecule is CCCCCCC(CCCC)C(=O)O.Cl. The molecule has 0 heterocycles. The molecule has 0 aromatic carbocycles. The van der Waals surface area contributed by atoms with Crippen LogP contribution in [0.15, 0.2) is 0 Å². The van der Waals surface area contributed by atoms with Gasteiger partial charge in [-0.25, -0.2) is 0 Å². The second-order valence-electron chi connectivity index (χ2n) is 4.03. The van der Waals surface area contributed by atoms with Gasteiger partial charge in [0.15, 0.2) is 0 Å². The van der Waals surface area contributed by atoms with Gasteiger partial charge in [0.25, 0.3) is 0 Å². The Kier molecular flexibility index (Phi) is 13.5. The summed E-state index contributed by atoms with van der Waals surface area (Å²) < 4.78 is 0. The normalized spacial score (nSPS) is 11.9. The maximum absolute atomic E-state index is 10.9. The van der Waals surface area contributed by atoms with Gasteiger partial charge in [0.05, 0.1) is 5.92 Å². The first-order chi connectivity index (χ1) is 6.72. The molecule has 0 aliphatic carbocycles. The Hall–Kier alpha value is -0.240. The molecular formula is C12H25ClO2. The van der Waals surface area contributed by atoms with Gasteiger partial charge in [-0.1, -0.05) is 52.4 Å². The quantitative estimate of drug-likeness (QED) is 0.607. The van der Waals surface area contributed by atoms with E-state index in [1.54, 1.807) is 0 Å². The third kappa shape index (κ3) is 10.1. The minimum Gasteiger partial charge on any atom is -0.481 e. The topological polar surface area (TPSA) is 37.3 Å². The highest BCUT2D eigenvalue weighted by molar-refractivity contribution is 5.85. The van der Waals surface area contributed by atoms with E-state index in [4.69, 9.17) is 5.11 Å². The fraction of sp³-hybridized carbons (Fsp3) is 0.917. The summed E-state index contributed by atoms with van der Waals surface area (Å²) in [6, 6.07) is 0. The number of carboxylic acids is 1. The average Bonchev–Trinajstić information content (AvgIpc) is 2.16. The molecule has 0 aliphatic rings. The molecule has 2 nitrogen and oxygen atoms in total. The van der Waals surface area contributed by atoms with Gasteiger partial charge < -0.3 is 5.11 Å². The van der Waals surface area contributed by atoms with Crippen LogP contribution in [0.2, 0.25) is 0 Å². The molecule has 0 radical (unpaired) electrons. The van der Waals surface area contributed by atoms with Crippen molar-refractivity contribution in [3.05, 3.63) is 0 Å². The Bertz CT molecular complexity index is 149. The molecular weight excluding hydrogens is 212 g/mol. The fourth-order valence-corrected chi connectivity index (χ4v) is 1.66. The summed E-state index contributed by atoms with van der Waals surface area (Å²) in [7, 11) is 0. The smallest absolute Gasteiger partial charge is 0.306 e. The molecule has 0 aliphatic heterocycles. The van der Waals surface area contributed by atoms with Crippen molar-refractivity contribution in [1.29, 1.82) is 0 Å². The van der Waals surface area contributed by atoms with E-state index in [1.807, 2.05) is 0 Å². The Labute approximate surface area is 99.9 Å². The standard InChI is InChI=1S/C12H24O2.ClH/c1-3-5-7-8-10-11(12(13)14)9-6-4-2;/h11H,3-10H2,1-2H3,(H,13,14);1H. The van der Waals surface area contributed by atoms with E-state index in [2.05, 4.69) is 13.8 Å². The van der Waals surface area contributed by atoms with Crippen molar-refractivity contribution < 1.29 is 9.90 Å². The van der Waals surface area contributed by atoms with Crippen molar-refractivity contribution in [2.75, 3.05) is 0 Å². The first-order valence-corrected chi connectivity index (χ1v) is 5.95. The molecule has 0 saturated carbocycles. The van der Waals surface area contributed by atoms with Crippen LogP contribution in [0.25, 0.3) is 0 Å². The molecule has 0 fully saturated rings. The number of carbonyl (C=O) groups is 1. The molecule has 15 heavy (non-hydrogen) atoms. The van der Waals surface area contributed by atoms with E-state index in [0.717, 1.165) is 32.1 Å². The van der Waals surface area contributed by atoms with Gasteiger partial charge in [-0.2, -0.15) is 0 Å². The van der Waals surface area contributed by atoms with Gasteiger partial charge in [-0.15, -0.1) is 12.4 Å². The zero-order chi connectivity index (χ0) is 10.8. The molecule has 0 aromatic heterocycles. The molecule has 0 aromatic rings. The molecule has 0 bridgehead atoms. The summed E-state index contributed by atoms with van der Waals surface area (Å²) in [5.41, 5.74) is 0. The molecule has 0 rings (SSSR count). The average molecular weight is 237 g/mol. The lowest BCUT2D eigenvalue weighted by Crippen LogP contribution is -2.13. The Morgan fingerprint density at radius 3 is 2.00 bits per heavy atom. The lowest BCUT2D eigenvalue weighted by Gasteiger charge is -2.10. The third-order valence-electron chi connectivity index (χ3n) is 2.66. The highest BCUT2D eigenvalue weighted by Gasteiger charge is 2.15. The van der Waals surface area contributed by atoms with Gasteiger partial charge in [0.1, 0.15) is 0 Å². The number of unbranched alkanes of at least 4 members (excludes halogenated alkanes) is 4. The van der Waals surface area contributed by atoms with Crippen molar-refractivity contribution in [3.8, 4) is 0 Å². The number of hydrogen-bond donors (Lipinski definition) is 1. The van der Waals surface area contributed by atoms with Crippen LogP contribution in [-0.2, 0) is 4.79 Å². The number of aliphatic carboxylic acids is 1. The van der Waals surface area contributed by atoms with Crippen molar-refractivity contribution >= 4 is 18.4 Å². The van der Waals surface area contributed by atoms with Crippen LogP contribution < -0.4 is 0 Å². The van der Waals surface area contributed by atoms with E-state index in [9.17, 15) is 4.79 Å². The van der Waals surface area contributed by atoms with Gasteiger partial charge in [0.2, 0.25) is 0 Å². The molecule has 1 N–H and O–H groups in total. The maximum Gasteiger partial charge on any atom is 0.306 e. The number of hydrogen-bond acceptors (Lipinski definition) is 1. The molecule has 0 saturated heterocycles. The first-order valence-electron chi connectivity index (χ1n) is 5.95. The monoisotopic (exact) mass is 236 g/mol. The van der Waals surface area contributed by atoms with E-state index in [-0.39, 0.29) is 18.3 Å². The second kappa shape index (κ2) is 11.8. The van der Waals surface area contributed by atoms with Crippen molar-refractivity contribution in [3.63, 3.8) is 0 Å². The molecule has 0 spiro atoms. The van der Waals surface area contributed by atoms with Crippen molar-refractivity contribution in [2.24, 2.45) is 5.92 Å². The van der Waals surface area contributed by atoms with Crippen LogP contribution in [0.3, 0.4) is 0 Å². The number of halogens is 1. The predicted molar refractivity (Wildman–Crippen MR) is 66.7 cm³/mol. The molecule has 0 amide bonds. The highest BCUT2D eigenvalue weighted by atomic mass is 35.5. The highest BCUT2D eigenvalue weighted by Crippen LogP contribution is 2.17. The van der Waals surface area contributed by atoms with Gasteiger partial charge in [-0.05, 0) is 12.8 Å². The summed E-state index contributed by atoms with van der Waals surface area (Å²) >= 11 is 0. The summed E-state index contributed by atoms with van der Waals surface area (Å²) in [5, 5.41) is 8.96. The minimum atomic E-state index is -0.602. The van der Waals surface area contributed by atoms with Crippen LogP contribution in [0.5, 0.6) is 0 Å². The summed E-state index contributed by atoms with van der Waals surface area (Å²) in [6.45, 7) is 4.28. The van der Waals surface area contributed by atoms with Crippen molar-refractivity contribution in [2.45, 2.75) is 65.2 Å². The van der Waals surface area contributed by atoms with Crippen LogP contribution in [0.4, 0.5) is 0 Å². The minimum absolute atomic E-state index is 0. The second-order valence-corrected chi connectivity index (χ2v) is 4.03. The van der Waals surface area contributed by atoms with Crippen LogP contribution in [-0.4, -0.2) is 11.1 Å². The summed E-state index contributed by atoms with van der Waals surface area (Å²) in [6.07, 6.45) is 8.59. The van der Waals surface area contributed by atoms with Gasteiger partial charge >= 0.3 is 5.97 Å². The van der Waals surface area contributed by atoms with Gasteiger partial charge in [0, 0.05) is 0 Å².